The Morgan fingerprint density at radius 1 is 1.54 bits per heavy atom. The van der Waals surface area contributed by atoms with Gasteiger partial charge in [-0.1, -0.05) is 0 Å². The molecule has 0 saturated carbocycles. The molecule has 0 aliphatic rings. The lowest BCUT2D eigenvalue weighted by molar-refractivity contribution is 0.112. The van der Waals surface area contributed by atoms with Crippen molar-refractivity contribution in [1.29, 1.82) is 0 Å². The number of nitrogens with one attached hydrogen (secondary N) is 1. The van der Waals surface area contributed by atoms with E-state index in [-0.39, 0.29) is 0 Å². The second-order valence-electron chi connectivity index (χ2n) is 2.60. The fourth-order valence-electron chi connectivity index (χ4n) is 1.12. The molecule has 0 amide bonds. The van der Waals surface area contributed by atoms with Crippen molar-refractivity contribution in [2.45, 2.75) is 6.92 Å². The van der Waals surface area contributed by atoms with Crippen molar-refractivity contribution in [3.8, 4) is 5.75 Å². The minimum absolute atomic E-state index is 0.573. The van der Waals surface area contributed by atoms with Crippen LogP contribution in [0.4, 0.5) is 5.69 Å². The van der Waals surface area contributed by atoms with E-state index in [2.05, 4.69) is 5.32 Å². The molecule has 0 bridgehead atoms. The number of rotatable bonds is 4. The van der Waals surface area contributed by atoms with Gasteiger partial charge in [0, 0.05) is 18.3 Å². The molecule has 0 aliphatic heterocycles. The van der Waals surface area contributed by atoms with Crippen molar-refractivity contribution >= 4 is 12.0 Å². The number of methoxy groups -OCH3 is 1. The van der Waals surface area contributed by atoms with E-state index in [1.165, 1.54) is 0 Å². The largest absolute Gasteiger partial charge is 0.496 e. The summed E-state index contributed by atoms with van der Waals surface area (Å²) in [6.07, 6.45) is 0.786. The average molecular weight is 179 g/mol. The second-order valence-corrected chi connectivity index (χ2v) is 2.60. The summed E-state index contributed by atoms with van der Waals surface area (Å²) in [5.74, 6) is 0.605. The first kappa shape index (κ1) is 9.58. The van der Waals surface area contributed by atoms with Crippen molar-refractivity contribution in [3.63, 3.8) is 0 Å². The molecule has 1 aromatic rings. The van der Waals surface area contributed by atoms with Gasteiger partial charge in [-0.25, -0.2) is 0 Å². The highest BCUT2D eigenvalue weighted by Crippen LogP contribution is 2.21. The van der Waals surface area contributed by atoms with Gasteiger partial charge in [-0.05, 0) is 19.1 Å². The minimum Gasteiger partial charge on any atom is -0.496 e. The molecule has 0 unspecified atom stereocenters. The Bertz CT molecular complexity index is 297. The monoisotopic (exact) mass is 179 g/mol. The molecular weight excluding hydrogens is 166 g/mol. The van der Waals surface area contributed by atoms with E-state index in [4.69, 9.17) is 4.74 Å². The van der Waals surface area contributed by atoms with Gasteiger partial charge in [0.25, 0.3) is 0 Å². The lowest BCUT2D eigenvalue weighted by Crippen LogP contribution is -1.98. The third-order valence-electron chi connectivity index (χ3n) is 1.74. The maximum Gasteiger partial charge on any atom is 0.153 e. The average Bonchev–Trinajstić information content (AvgIpc) is 2.18. The van der Waals surface area contributed by atoms with Crippen molar-refractivity contribution < 1.29 is 9.53 Å². The third-order valence-corrected chi connectivity index (χ3v) is 1.74. The Balaban J connectivity index is 2.98. The van der Waals surface area contributed by atoms with Crippen molar-refractivity contribution in [1.82, 2.24) is 0 Å². The Kier molecular flexibility index (Phi) is 3.31. The van der Waals surface area contributed by atoms with E-state index in [9.17, 15) is 4.79 Å². The van der Waals surface area contributed by atoms with Crippen LogP contribution in [0.5, 0.6) is 5.75 Å². The third kappa shape index (κ3) is 2.21. The molecule has 0 fully saturated rings. The van der Waals surface area contributed by atoms with Crippen LogP contribution in [-0.4, -0.2) is 19.9 Å². The van der Waals surface area contributed by atoms with Gasteiger partial charge < -0.3 is 10.1 Å². The first-order valence-electron chi connectivity index (χ1n) is 4.19. The normalized spacial score (nSPS) is 9.38. The summed E-state index contributed by atoms with van der Waals surface area (Å²) in [5.41, 5.74) is 1.54. The molecule has 3 nitrogen and oxygen atoms in total. The smallest absolute Gasteiger partial charge is 0.153 e. The summed E-state index contributed by atoms with van der Waals surface area (Å²) in [6, 6.07) is 5.41. The van der Waals surface area contributed by atoms with Crippen LogP contribution in [0.3, 0.4) is 0 Å². The Labute approximate surface area is 77.7 Å². The number of hydrogen-bond donors (Lipinski definition) is 1. The van der Waals surface area contributed by atoms with Gasteiger partial charge in [0.2, 0.25) is 0 Å². The molecule has 0 atom stereocenters. The zero-order chi connectivity index (χ0) is 9.68. The number of carbonyl (C=O) groups excluding carboxylic acids is 1. The van der Waals surface area contributed by atoms with Crippen molar-refractivity contribution in [2.75, 3.05) is 19.0 Å². The topological polar surface area (TPSA) is 38.3 Å². The maximum absolute atomic E-state index is 10.6. The Morgan fingerprint density at radius 3 is 2.85 bits per heavy atom. The van der Waals surface area contributed by atoms with Crippen molar-refractivity contribution in [2.24, 2.45) is 0 Å². The van der Waals surface area contributed by atoms with Gasteiger partial charge in [0.1, 0.15) is 5.75 Å². The first-order chi connectivity index (χ1) is 6.31. The first-order valence-corrected chi connectivity index (χ1v) is 4.19. The summed E-state index contributed by atoms with van der Waals surface area (Å²) in [4.78, 5) is 10.6. The number of aldehydes is 1. The highest BCUT2D eigenvalue weighted by molar-refractivity contribution is 5.80. The highest BCUT2D eigenvalue weighted by Gasteiger charge is 2.01. The molecular formula is C10H13NO2. The predicted molar refractivity (Wildman–Crippen MR) is 52.5 cm³/mol. The van der Waals surface area contributed by atoms with Gasteiger partial charge >= 0.3 is 0 Å². The van der Waals surface area contributed by atoms with Crippen LogP contribution in [-0.2, 0) is 0 Å². The van der Waals surface area contributed by atoms with E-state index in [1.807, 2.05) is 19.1 Å². The van der Waals surface area contributed by atoms with Crippen LogP contribution in [0.2, 0.25) is 0 Å². The van der Waals surface area contributed by atoms with E-state index in [0.29, 0.717) is 11.3 Å². The molecule has 0 aromatic heterocycles. The number of ether oxygens (including phenoxy) is 1. The number of hydrogen-bond acceptors (Lipinski definition) is 3. The molecule has 70 valence electrons. The Morgan fingerprint density at radius 2 is 2.31 bits per heavy atom. The van der Waals surface area contributed by atoms with Crippen LogP contribution in [0.25, 0.3) is 0 Å². The van der Waals surface area contributed by atoms with Crippen molar-refractivity contribution in [3.05, 3.63) is 23.8 Å². The molecule has 0 saturated heterocycles. The second kappa shape index (κ2) is 4.50. The van der Waals surface area contributed by atoms with Gasteiger partial charge in [0.15, 0.2) is 6.29 Å². The van der Waals surface area contributed by atoms with Crippen LogP contribution in [0, 0.1) is 0 Å². The molecule has 1 aromatic carbocycles. The lowest BCUT2D eigenvalue weighted by Gasteiger charge is -2.07. The standard InChI is InChI=1S/C10H13NO2/c1-3-11-9-5-4-8(7-12)10(6-9)13-2/h4-7,11H,3H2,1-2H3. The van der Waals surface area contributed by atoms with Gasteiger partial charge in [-0.2, -0.15) is 0 Å². The number of benzene rings is 1. The quantitative estimate of drug-likeness (QED) is 0.718. The van der Waals surface area contributed by atoms with E-state index in [0.717, 1.165) is 18.5 Å². The lowest BCUT2D eigenvalue weighted by atomic mass is 10.2. The van der Waals surface area contributed by atoms with Gasteiger partial charge in [-0.15, -0.1) is 0 Å². The molecule has 13 heavy (non-hydrogen) atoms. The molecule has 0 heterocycles. The molecule has 0 radical (unpaired) electrons. The van der Waals surface area contributed by atoms with E-state index in [1.54, 1.807) is 13.2 Å². The van der Waals surface area contributed by atoms with Crippen LogP contribution in [0.1, 0.15) is 17.3 Å². The minimum atomic E-state index is 0.573. The fourth-order valence-corrected chi connectivity index (χ4v) is 1.12. The zero-order valence-corrected chi connectivity index (χ0v) is 7.83. The number of anilines is 1. The summed E-state index contributed by atoms with van der Waals surface area (Å²) in [5, 5.41) is 3.14. The zero-order valence-electron chi connectivity index (χ0n) is 7.83. The van der Waals surface area contributed by atoms with Crippen LogP contribution in [0.15, 0.2) is 18.2 Å². The summed E-state index contributed by atoms with van der Waals surface area (Å²) in [6.45, 7) is 2.86. The van der Waals surface area contributed by atoms with Crippen LogP contribution >= 0.6 is 0 Å². The predicted octanol–water partition coefficient (Wildman–Crippen LogP) is 1.94. The fraction of sp³-hybridized carbons (Fsp3) is 0.300. The molecule has 1 rings (SSSR count). The highest BCUT2D eigenvalue weighted by atomic mass is 16.5. The SMILES string of the molecule is CCNc1ccc(C=O)c(OC)c1. The van der Waals surface area contributed by atoms with E-state index >= 15 is 0 Å². The van der Waals surface area contributed by atoms with E-state index < -0.39 is 0 Å². The molecule has 0 aliphatic carbocycles. The molecule has 0 spiro atoms. The Hall–Kier alpha value is -1.51. The van der Waals surface area contributed by atoms with Gasteiger partial charge in [-0.3, -0.25) is 4.79 Å². The maximum atomic E-state index is 10.6. The van der Waals surface area contributed by atoms with Crippen LogP contribution < -0.4 is 10.1 Å². The summed E-state index contributed by atoms with van der Waals surface area (Å²) in [7, 11) is 1.55. The summed E-state index contributed by atoms with van der Waals surface area (Å²) < 4.78 is 5.05. The summed E-state index contributed by atoms with van der Waals surface area (Å²) >= 11 is 0. The molecule has 3 heteroatoms. The molecule has 1 N–H and O–H groups in total. The van der Waals surface area contributed by atoms with Gasteiger partial charge in [0.05, 0.1) is 12.7 Å². The number of carbonyl (C=O) groups is 1.